The lowest BCUT2D eigenvalue weighted by molar-refractivity contribution is 0.0711. The molecule has 0 saturated carbocycles. The van der Waals surface area contributed by atoms with Crippen LogP contribution in [0.25, 0.3) is 0 Å². The van der Waals surface area contributed by atoms with E-state index in [9.17, 15) is 5.11 Å². The van der Waals surface area contributed by atoms with Gasteiger partial charge in [0.1, 0.15) is 0 Å². The lowest BCUT2D eigenvalue weighted by Crippen LogP contribution is -2.19. The van der Waals surface area contributed by atoms with Crippen molar-refractivity contribution in [3.05, 3.63) is 46.4 Å². The second kappa shape index (κ2) is 6.65. The first-order chi connectivity index (χ1) is 9.85. The topological polar surface area (TPSA) is 33.4 Å². The van der Waals surface area contributed by atoms with E-state index in [1.54, 1.807) is 17.4 Å². The van der Waals surface area contributed by atoms with Crippen molar-refractivity contribution in [2.24, 2.45) is 0 Å². The number of aryl methyl sites for hydroxylation is 1. The summed E-state index contributed by atoms with van der Waals surface area (Å²) in [6.45, 7) is 8.29. The fourth-order valence-corrected chi connectivity index (χ4v) is 2.91. The van der Waals surface area contributed by atoms with Crippen LogP contribution in [0.4, 0.5) is 0 Å². The van der Waals surface area contributed by atoms with Crippen LogP contribution in [0.1, 0.15) is 65.4 Å². The van der Waals surface area contributed by atoms with Gasteiger partial charge >= 0.3 is 0 Å². The van der Waals surface area contributed by atoms with Gasteiger partial charge in [-0.05, 0) is 77.8 Å². The van der Waals surface area contributed by atoms with Crippen LogP contribution in [0.3, 0.4) is 0 Å². The van der Waals surface area contributed by atoms with Gasteiger partial charge in [0.25, 0.3) is 0 Å². The Morgan fingerprint density at radius 2 is 1.67 bits per heavy atom. The number of hydrogen-bond donors (Lipinski definition) is 1. The molecular weight excluding hydrogens is 260 g/mol. The summed E-state index contributed by atoms with van der Waals surface area (Å²) in [4.78, 5) is 0. The van der Waals surface area contributed by atoms with E-state index in [1.165, 1.54) is 16.7 Å². The number of aliphatic hydroxyl groups is 1. The van der Waals surface area contributed by atoms with E-state index in [0.29, 0.717) is 0 Å². The lowest BCUT2D eigenvalue weighted by Gasteiger charge is -2.25. The summed E-state index contributed by atoms with van der Waals surface area (Å²) in [6, 6.07) is 2.05. The molecule has 2 rings (SSSR count). The van der Waals surface area contributed by atoms with Crippen LogP contribution in [0.2, 0.25) is 0 Å². The first kappa shape index (κ1) is 16.1. The molecule has 21 heavy (non-hydrogen) atoms. The van der Waals surface area contributed by atoms with Crippen LogP contribution in [0.15, 0.2) is 45.3 Å². The second-order valence-electron chi connectivity index (χ2n) is 7.07. The Morgan fingerprint density at radius 3 is 2.19 bits per heavy atom. The van der Waals surface area contributed by atoms with Gasteiger partial charge in [0.05, 0.1) is 18.1 Å². The van der Waals surface area contributed by atoms with Gasteiger partial charge in [0.2, 0.25) is 0 Å². The zero-order valence-corrected chi connectivity index (χ0v) is 13.8. The Labute approximate surface area is 128 Å². The van der Waals surface area contributed by atoms with E-state index < -0.39 is 5.60 Å². The Bertz CT molecular complexity index is 524. The minimum Gasteiger partial charge on any atom is -0.472 e. The third-order valence-corrected chi connectivity index (χ3v) is 4.52. The zero-order valence-electron chi connectivity index (χ0n) is 13.8. The lowest BCUT2D eigenvalue weighted by atomic mass is 9.82. The highest BCUT2D eigenvalue weighted by atomic mass is 16.3. The summed E-state index contributed by atoms with van der Waals surface area (Å²) in [5.41, 5.74) is 6.84. The van der Waals surface area contributed by atoms with Crippen molar-refractivity contribution in [1.29, 1.82) is 0 Å². The summed E-state index contributed by atoms with van der Waals surface area (Å²) in [5.74, 6) is 0. The third-order valence-electron chi connectivity index (χ3n) is 4.52. The van der Waals surface area contributed by atoms with E-state index in [0.717, 1.165) is 38.5 Å². The van der Waals surface area contributed by atoms with Crippen molar-refractivity contribution in [1.82, 2.24) is 0 Å². The fraction of sp³-hybridized carbons (Fsp3) is 0.579. The molecule has 1 heterocycles. The molecule has 2 nitrogen and oxygen atoms in total. The molecule has 116 valence electrons. The number of furan rings is 1. The van der Waals surface area contributed by atoms with Gasteiger partial charge in [-0.25, -0.2) is 0 Å². The van der Waals surface area contributed by atoms with Crippen LogP contribution >= 0.6 is 0 Å². The zero-order chi connectivity index (χ0) is 15.5. The smallest absolute Gasteiger partial charge is 0.0934 e. The molecule has 0 aromatic carbocycles. The predicted molar refractivity (Wildman–Crippen MR) is 87.2 cm³/mol. The van der Waals surface area contributed by atoms with Crippen molar-refractivity contribution < 1.29 is 9.52 Å². The third kappa shape index (κ3) is 4.89. The molecule has 1 N–H and O–H groups in total. The molecule has 0 radical (unpaired) electrons. The predicted octanol–water partition coefficient (Wildman–Crippen LogP) is 5.19. The number of hydrogen-bond acceptors (Lipinski definition) is 2. The maximum atomic E-state index is 9.99. The molecule has 0 spiro atoms. The SMILES string of the molecule is CC1=C(C)CC(CCC(C)(C)O)=C(CCc2ccoc2)C1. The van der Waals surface area contributed by atoms with Gasteiger partial charge in [-0.3, -0.25) is 0 Å². The van der Waals surface area contributed by atoms with Crippen LogP contribution in [0, 0.1) is 0 Å². The van der Waals surface area contributed by atoms with Crippen molar-refractivity contribution in [3.8, 4) is 0 Å². The molecular formula is C19H28O2. The molecule has 1 aromatic heterocycles. The molecule has 0 atom stereocenters. The standard InChI is InChI=1S/C19H28O2/c1-14-11-17(6-5-16-8-10-21-13-16)18(12-15(14)2)7-9-19(3,4)20/h8,10,13,20H,5-7,9,11-12H2,1-4H3. The highest BCUT2D eigenvalue weighted by Gasteiger charge is 2.19. The van der Waals surface area contributed by atoms with Crippen molar-refractivity contribution in [2.75, 3.05) is 0 Å². The summed E-state index contributed by atoms with van der Waals surface area (Å²) in [7, 11) is 0. The molecule has 1 aromatic rings. The van der Waals surface area contributed by atoms with Crippen molar-refractivity contribution in [2.45, 2.75) is 71.8 Å². The Morgan fingerprint density at radius 1 is 1.05 bits per heavy atom. The Hall–Kier alpha value is -1.28. The minimum atomic E-state index is -0.577. The van der Waals surface area contributed by atoms with Gasteiger partial charge < -0.3 is 9.52 Å². The van der Waals surface area contributed by atoms with Gasteiger partial charge in [-0.15, -0.1) is 0 Å². The van der Waals surface area contributed by atoms with Crippen molar-refractivity contribution >= 4 is 0 Å². The Balaban J connectivity index is 2.05. The van der Waals surface area contributed by atoms with E-state index >= 15 is 0 Å². The van der Waals surface area contributed by atoms with Crippen LogP contribution < -0.4 is 0 Å². The molecule has 1 aliphatic carbocycles. The molecule has 0 amide bonds. The van der Waals surface area contributed by atoms with Gasteiger partial charge in [-0.2, -0.15) is 0 Å². The summed E-state index contributed by atoms with van der Waals surface area (Å²) < 4.78 is 5.15. The normalized spacial score (nSPS) is 16.8. The molecule has 0 unspecified atom stereocenters. The van der Waals surface area contributed by atoms with Crippen molar-refractivity contribution in [3.63, 3.8) is 0 Å². The number of rotatable bonds is 6. The van der Waals surface area contributed by atoms with Gasteiger partial charge in [0, 0.05) is 0 Å². The highest BCUT2D eigenvalue weighted by Crippen LogP contribution is 2.35. The highest BCUT2D eigenvalue weighted by molar-refractivity contribution is 5.33. The molecule has 0 bridgehead atoms. The first-order valence-electron chi connectivity index (χ1n) is 7.93. The average molecular weight is 288 g/mol. The Kier molecular flexibility index (Phi) is 5.10. The summed E-state index contributed by atoms with van der Waals surface area (Å²) in [5, 5.41) is 9.99. The van der Waals surface area contributed by atoms with E-state index in [2.05, 4.69) is 13.8 Å². The average Bonchev–Trinajstić information content (AvgIpc) is 2.90. The van der Waals surface area contributed by atoms with E-state index in [4.69, 9.17) is 4.42 Å². The maximum absolute atomic E-state index is 9.99. The summed E-state index contributed by atoms with van der Waals surface area (Å²) in [6.07, 6.45) is 9.77. The second-order valence-corrected chi connectivity index (χ2v) is 7.07. The summed E-state index contributed by atoms with van der Waals surface area (Å²) >= 11 is 0. The largest absolute Gasteiger partial charge is 0.472 e. The molecule has 1 aliphatic rings. The van der Waals surface area contributed by atoms with Gasteiger partial charge in [-0.1, -0.05) is 22.3 Å². The van der Waals surface area contributed by atoms with Gasteiger partial charge in [0.15, 0.2) is 0 Å². The van der Waals surface area contributed by atoms with E-state index in [1.807, 2.05) is 26.2 Å². The van der Waals surface area contributed by atoms with Crippen LogP contribution in [-0.2, 0) is 6.42 Å². The maximum Gasteiger partial charge on any atom is 0.0934 e. The van der Waals surface area contributed by atoms with E-state index in [-0.39, 0.29) is 0 Å². The quantitative estimate of drug-likeness (QED) is 0.731. The monoisotopic (exact) mass is 288 g/mol. The molecule has 0 aliphatic heterocycles. The van der Waals surface area contributed by atoms with Crippen LogP contribution in [0.5, 0.6) is 0 Å². The fourth-order valence-electron chi connectivity index (χ4n) is 2.91. The number of allylic oxidation sites excluding steroid dienone is 4. The molecule has 2 heteroatoms. The minimum absolute atomic E-state index is 0.577. The molecule has 0 saturated heterocycles. The van der Waals surface area contributed by atoms with Crippen LogP contribution in [-0.4, -0.2) is 10.7 Å². The molecule has 0 fully saturated rings. The first-order valence-corrected chi connectivity index (χ1v) is 7.93.